The molecule has 2 aromatic rings. The number of ether oxygens (including phenoxy) is 1. The van der Waals surface area contributed by atoms with Gasteiger partial charge in [0.1, 0.15) is 12.0 Å². The van der Waals surface area contributed by atoms with Crippen LogP contribution in [-0.4, -0.2) is 55.2 Å². The molecule has 2 amide bonds. The van der Waals surface area contributed by atoms with Crippen LogP contribution in [0.3, 0.4) is 0 Å². The summed E-state index contributed by atoms with van der Waals surface area (Å²) < 4.78 is 24.2. The minimum atomic E-state index is -2.48. The first kappa shape index (κ1) is 24.3. The number of hydrogen-bond acceptors (Lipinski definition) is 6. The maximum absolute atomic E-state index is 14.3. The quantitative estimate of drug-likeness (QED) is 0.236. The number of rotatable bonds is 11. The van der Waals surface area contributed by atoms with Crippen LogP contribution in [0.25, 0.3) is 0 Å². The number of alkyl halides is 1. The zero-order valence-corrected chi connectivity index (χ0v) is 17.4. The molecule has 0 aliphatic heterocycles. The number of carbonyl (C=O) groups excluding carboxylic acids is 2. The van der Waals surface area contributed by atoms with Gasteiger partial charge in [0.05, 0.1) is 7.11 Å². The van der Waals surface area contributed by atoms with E-state index in [4.69, 9.17) is 19.4 Å². The number of halogens is 1. The van der Waals surface area contributed by atoms with Gasteiger partial charge in [-0.15, -0.1) is 0 Å². The predicted octanol–water partition coefficient (Wildman–Crippen LogP) is 0.672. The molecular weight excluding hydrogens is 406 g/mol. The molecule has 0 saturated heterocycles. The third kappa shape index (κ3) is 8.37. The van der Waals surface area contributed by atoms with Crippen LogP contribution >= 0.6 is 0 Å². The molecule has 0 saturated carbocycles. The lowest BCUT2D eigenvalue weighted by Gasteiger charge is -2.20. The van der Waals surface area contributed by atoms with Crippen molar-refractivity contribution in [3.63, 3.8) is 0 Å². The number of benzene rings is 2. The second-order valence-electron chi connectivity index (χ2n) is 6.90. The minimum absolute atomic E-state index is 0.0494. The molecule has 0 bridgehead atoms. The van der Waals surface area contributed by atoms with Gasteiger partial charge in [0.25, 0.3) is 18.0 Å². The van der Waals surface area contributed by atoms with Crippen molar-refractivity contribution >= 4 is 19.1 Å². The molecule has 31 heavy (non-hydrogen) atoms. The Morgan fingerprint density at radius 2 is 1.81 bits per heavy atom. The topological polar surface area (TPSA) is 117 Å². The molecule has 2 unspecified atom stereocenters. The van der Waals surface area contributed by atoms with Crippen molar-refractivity contribution in [2.75, 3.05) is 13.7 Å². The molecule has 0 aliphatic rings. The highest BCUT2D eigenvalue weighted by atomic mass is 19.1. The summed E-state index contributed by atoms with van der Waals surface area (Å²) in [4.78, 5) is 24.1. The Kier molecular flexibility index (Phi) is 9.45. The third-order valence-corrected chi connectivity index (χ3v) is 4.44. The summed E-state index contributed by atoms with van der Waals surface area (Å²) in [7, 11) is -0.635. The SMILES string of the molecule is COc1cccc(CCNC(=O)C(F)C(=O)NC(Cc2ccc(C)cc2)OB(O)O)c1. The average Bonchev–Trinajstić information content (AvgIpc) is 2.74. The standard InChI is InChI=1S/C21H26BFN2O6/c1-14-6-8-16(9-7-14)13-18(31-22(28)29)25-21(27)19(23)20(26)24-11-10-15-4-3-5-17(12-15)30-2/h3-9,12,18-19,28-29H,10-11,13H2,1-2H3,(H,24,26)(H,25,27). The van der Waals surface area contributed by atoms with Crippen LogP contribution in [0.2, 0.25) is 0 Å². The van der Waals surface area contributed by atoms with E-state index < -0.39 is 31.5 Å². The Morgan fingerprint density at radius 1 is 1.10 bits per heavy atom. The van der Waals surface area contributed by atoms with Crippen molar-refractivity contribution < 1.29 is 33.4 Å². The van der Waals surface area contributed by atoms with Gasteiger partial charge < -0.3 is 30.1 Å². The van der Waals surface area contributed by atoms with E-state index in [0.29, 0.717) is 12.2 Å². The highest BCUT2D eigenvalue weighted by molar-refractivity contribution is 6.32. The lowest BCUT2D eigenvalue weighted by molar-refractivity contribution is -0.138. The van der Waals surface area contributed by atoms with Crippen LogP contribution in [-0.2, 0) is 27.1 Å². The van der Waals surface area contributed by atoms with E-state index in [-0.39, 0.29) is 13.0 Å². The summed E-state index contributed by atoms with van der Waals surface area (Å²) in [6.07, 6.45) is -3.25. The van der Waals surface area contributed by atoms with Crippen molar-refractivity contribution in [3.05, 3.63) is 65.2 Å². The Hall–Kier alpha value is -2.95. The Morgan fingerprint density at radius 3 is 2.45 bits per heavy atom. The number of carbonyl (C=O) groups is 2. The molecule has 0 aromatic heterocycles. The molecule has 10 heteroatoms. The number of nitrogens with one attached hydrogen (secondary N) is 2. The van der Waals surface area contributed by atoms with Gasteiger partial charge >= 0.3 is 7.32 Å². The zero-order chi connectivity index (χ0) is 22.8. The normalized spacial score (nSPS) is 12.5. The minimum Gasteiger partial charge on any atom is -0.497 e. The van der Waals surface area contributed by atoms with Crippen molar-refractivity contribution in [3.8, 4) is 5.75 Å². The predicted molar refractivity (Wildman–Crippen MR) is 113 cm³/mol. The van der Waals surface area contributed by atoms with E-state index in [1.165, 1.54) is 0 Å². The fourth-order valence-electron chi connectivity index (χ4n) is 2.82. The van der Waals surface area contributed by atoms with Gasteiger partial charge in [0.15, 0.2) is 0 Å². The van der Waals surface area contributed by atoms with Crippen LogP contribution in [0.5, 0.6) is 5.75 Å². The van der Waals surface area contributed by atoms with Crippen molar-refractivity contribution in [2.45, 2.75) is 32.2 Å². The molecule has 4 N–H and O–H groups in total. The second-order valence-corrected chi connectivity index (χ2v) is 6.90. The van der Waals surface area contributed by atoms with Crippen LogP contribution in [0.15, 0.2) is 48.5 Å². The number of amides is 2. The summed E-state index contributed by atoms with van der Waals surface area (Å²) in [5, 5.41) is 22.7. The summed E-state index contributed by atoms with van der Waals surface area (Å²) >= 11 is 0. The summed E-state index contributed by atoms with van der Waals surface area (Å²) in [6.45, 7) is 2.02. The van der Waals surface area contributed by atoms with E-state index in [0.717, 1.165) is 16.7 Å². The van der Waals surface area contributed by atoms with Crippen LogP contribution < -0.4 is 15.4 Å². The maximum atomic E-state index is 14.3. The molecule has 2 atom stereocenters. The first-order chi connectivity index (χ1) is 14.8. The summed E-state index contributed by atoms with van der Waals surface area (Å²) in [5.41, 5.74) is 2.61. The van der Waals surface area contributed by atoms with Crippen LogP contribution in [0, 0.1) is 6.92 Å². The molecule has 0 radical (unpaired) electrons. The summed E-state index contributed by atoms with van der Waals surface area (Å²) in [5.74, 6) is -1.67. The Bertz CT molecular complexity index is 865. The van der Waals surface area contributed by atoms with E-state index in [2.05, 4.69) is 10.6 Å². The zero-order valence-electron chi connectivity index (χ0n) is 17.4. The van der Waals surface area contributed by atoms with Gasteiger partial charge in [-0.1, -0.05) is 42.0 Å². The molecule has 166 valence electrons. The molecule has 0 spiro atoms. The van der Waals surface area contributed by atoms with Gasteiger partial charge in [-0.25, -0.2) is 4.39 Å². The third-order valence-electron chi connectivity index (χ3n) is 4.44. The number of hydrogen-bond donors (Lipinski definition) is 4. The molecule has 0 heterocycles. The largest absolute Gasteiger partial charge is 0.635 e. The van der Waals surface area contributed by atoms with Gasteiger partial charge in [0.2, 0.25) is 0 Å². The smallest absolute Gasteiger partial charge is 0.497 e. The van der Waals surface area contributed by atoms with Gasteiger partial charge in [0, 0.05) is 13.0 Å². The molecule has 0 aliphatic carbocycles. The highest BCUT2D eigenvalue weighted by Gasteiger charge is 2.29. The monoisotopic (exact) mass is 432 g/mol. The van der Waals surface area contributed by atoms with E-state index >= 15 is 0 Å². The lowest BCUT2D eigenvalue weighted by atomic mass is 10.1. The first-order valence-corrected chi connectivity index (χ1v) is 9.70. The van der Waals surface area contributed by atoms with Crippen LogP contribution in [0.4, 0.5) is 4.39 Å². The van der Waals surface area contributed by atoms with Crippen molar-refractivity contribution in [2.24, 2.45) is 0 Å². The number of aryl methyl sites for hydroxylation is 1. The van der Waals surface area contributed by atoms with E-state index in [9.17, 15) is 14.0 Å². The van der Waals surface area contributed by atoms with Crippen molar-refractivity contribution in [1.29, 1.82) is 0 Å². The fraction of sp³-hybridized carbons (Fsp3) is 0.333. The van der Waals surface area contributed by atoms with Gasteiger partial charge in [-0.05, 0) is 36.6 Å². The van der Waals surface area contributed by atoms with Gasteiger partial charge in [-0.2, -0.15) is 0 Å². The van der Waals surface area contributed by atoms with Crippen molar-refractivity contribution in [1.82, 2.24) is 10.6 Å². The summed E-state index contributed by atoms with van der Waals surface area (Å²) in [6, 6.07) is 14.4. The average molecular weight is 432 g/mol. The Labute approximate surface area is 180 Å². The Balaban J connectivity index is 1.87. The second kappa shape index (κ2) is 12.0. The molecule has 2 rings (SSSR count). The molecule has 2 aromatic carbocycles. The molecular formula is C21H26BFN2O6. The first-order valence-electron chi connectivity index (χ1n) is 9.70. The number of methoxy groups -OCH3 is 1. The molecule has 0 fully saturated rings. The van der Waals surface area contributed by atoms with E-state index in [1.54, 1.807) is 37.4 Å². The lowest BCUT2D eigenvalue weighted by Crippen LogP contribution is -2.49. The van der Waals surface area contributed by atoms with E-state index in [1.807, 2.05) is 25.1 Å². The molecule has 8 nitrogen and oxygen atoms in total. The highest BCUT2D eigenvalue weighted by Crippen LogP contribution is 2.12. The fourth-order valence-corrected chi connectivity index (χ4v) is 2.82. The van der Waals surface area contributed by atoms with Crippen LogP contribution in [0.1, 0.15) is 16.7 Å². The van der Waals surface area contributed by atoms with Gasteiger partial charge in [-0.3, -0.25) is 9.59 Å². The maximum Gasteiger partial charge on any atom is 0.635 e.